The van der Waals surface area contributed by atoms with Crippen molar-refractivity contribution >= 4 is 5.78 Å². The summed E-state index contributed by atoms with van der Waals surface area (Å²) < 4.78 is 0. The Morgan fingerprint density at radius 1 is 1.50 bits per heavy atom. The number of hydrogen-bond acceptors (Lipinski definition) is 2. The van der Waals surface area contributed by atoms with E-state index in [9.17, 15) is 4.79 Å². The molecule has 0 bridgehead atoms. The first kappa shape index (κ1) is 7.63. The molecule has 0 aromatic carbocycles. The van der Waals surface area contributed by atoms with Gasteiger partial charge >= 0.3 is 0 Å². The highest BCUT2D eigenvalue weighted by Crippen LogP contribution is 2.01. The second-order valence-corrected chi connectivity index (χ2v) is 2.14. The van der Waals surface area contributed by atoms with Gasteiger partial charge in [-0.2, -0.15) is 0 Å². The summed E-state index contributed by atoms with van der Waals surface area (Å²) in [7, 11) is 0. The van der Waals surface area contributed by atoms with Crippen molar-refractivity contribution in [2.45, 2.75) is 26.9 Å². The summed E-state index contributed by atoms with van der Waals surface area (Å²) in [6.45, 7) is 4.82. The molecule has 0 aromatic rings. The predicted molar refractivity (Wildman–Crippen MR) is 31.5 cm³/mol. The van der Waals surface area contributed by atoms with Crippen LogP contribution >= 0.6 is 0 Å². The van der Waals surface area contributed by atoms with Crippen molar-refractivity contribution in [1.82, 2.24) is 0 Å². The van der Waals surface area contributed by atoms with E-state index in [0.29, 0.717) is 0 Å². The van der Waals surface area contributed by atoms with Crippen LogP contribution < -0.4 is 0 Å². The first-order valence-electron chi connectivity index (χ1n) is 2.74. The van der Waals surface area contributed by atoms with Crippen LogP contribution in [0.15, 0.2) is 0 Å². The molecule has 48 valence electrons. The molecule has 0 saturated carbocycles. The highest BCUT2D eigenvalue weighted by atomic mass is 16.3. The fourth-order valence-corrected chi connectivity index (χ4v) is 0.340. The van der Waals surface area contributed by atoms with E-state index in [4.69, 9.17) is 5.11 Å². The highest BCUT2D eigenvalue weighted by molar-refractivity contribution is 5.78. The third-order valence-corrected chi connectivity index (χ3v) is 1.36. The minimum atomic E-state index is -0.507. The Morgan fingerprint density at radius 2 is 1.88 bits per heavy atom. The lowest BCUT2D eigenvalue weighted by atomic mass is 10.0. The molecule has 0 rings (SSSR count). The number of carbonyl (C=O) groups is 1. The number of ketones is 1. The van der Waals surface area contributed by atoms with E-state index in [-0.39, 0.29) is 11.7 Å². The summed E-state index contributed by atoms with van der Waals surface area (Å²) in [6, 6.07) is 0. The van der Waals surface area contributed by atoms with Crippen LogP contribution in [0.25, 0.3) is 0 Å². The quantitative estimate of drug-likeness (QED) is 0.573. The van der Waals surface area contributed by atoms with E-state index in [0.717, 1.165) is 0 Å². The van der Waals surface area contributed by atoms with Crippen molar-refractivity contribution in [3.63, 3.8) is 0 Å². The molecular weight excluding hydrogens is 104 g/mol. The first-order valence-corrected chi connectivity index (χ1v) is 2.74. The second-order valence-electron chi connectivity index (χ2n) is 2.14. The molecule has 0 aromatic heterocycles. The largest absolute Gasteiger partial charge is 0.393 e. The Morgan fingerprint density at radius 3 is 1.88 bits per heavy atom. The van der Waals surface area contributed by atoms with E-state index in [1.165, 1.54) is 6.92 Å². The molecule has 0 unspecified atom stereocenters. The van der Waals surface area contributed by atoms with Gasteiger partial charge in [-0.25, -0.2) is 0 Å². The number of aliphatic hydroxyl groups excluding tert-OH is 1. The Hall–Kier alpha value is -0.370. The van der Waals surface area contributed by atoms with Crippen LogP contribution in [0, 0.1) is 5.92 Å². The summed E-state index contributed by atoms with van der Waals surface area (Å²) in [5, 5.41) is 8.77. The molecule has 0 spiro atoms. The topological polar surface area (TPSA) is 37.3 Å². The predicted octanol–water partition coefficient (Wildman–Crippen LogP) is 0.592. The maximum atomic E-state index is 10.4. The van der Waals surface area contributed by atoms with Crippen LogP contribution in [0.5, 0.6) is 0 Å². The molecule has 2 nitrogen and oxygen atoms in total. The number of Topliss-reactive ketones (excluding diaryl/α,β-unsaturated/α-hetero) is 1. The molecule has 0 heterocycles. The molecule has 0 saturated heterocycles. The summed E-state index contributed by atoms with van der Waals surface area (Å²) in [5.74, 6) is -0.171. The molecule has 2 atom stereocenters. The standard InChI is InChI=1S/C6H12O2/c1-4(5(2)7)6(3)8/h4-5,7H,1-3H3/t4-,5-/m0/s1. The second kappa shape index (κ2) is 2.82. The monoisotopic (exact) mass is 116 g/mol. The van der Waals surface area contributed by atoms with Gasteiger partial charge in [0.15, 0.2) is 0 Å². The van der Waals surface area contributed by atoms with Gasteiger partial charge < -0.3 is 5.11 Å². The fourth-order valence-electron chi connectivity index (χ4n) is 0.340. The zero-order valence-electron chi connectivity index (χ0n) is 5.51. The number of hydrogen-bond donors (Lipinski definition) is 1. The van der Waals surface area contributed by atoms with Crippen molar-refractivity contribution in [3.05, 3.63) is 0 Å². The van der Waals surface area contributed by atoms with Gasteiger partial charge in [0.25, 0.3) is 0 Å². The lowest BCUT2D eigenvalue weighted by molar-refractivity contribution is -0.123. The Labute approximate surface area is 49.5 Å². The van der Waals surface area contributed by atoms with Crippen LogP contribution in [-0.4, -0.2) is 17.0 Å². The fraction of sp³-hybridized carbons (Fsp3) is 0.833. The lowest BCUT2D eigenvalue weighted by Crippen LogP contribution is -2.19. The highest BCUT2D eigenvalue weighted by Gasteiger charge is 2.12. The number of rotatable bonds is 2. The van der Waals surface area contributed by atoms with Gasteiger partial charge in [-0.3, -0.25) is 4.79 Å². The Kier molecular flexibility index (Phi) is 2.69. The number of carbonyl (C=O) groups excluding carboxylic acids is 1. The molecule has 1 N–H and O–H groups in total. The Bertz CT molecular complexity index is 86.5. The van der Waals surface area contributed by atoms with Gasteiger partial charge in [0.05, 0.1) is 6.10 Å². The molecule has 0 aliphatic rings. The maximum Gasteiger partial charge on any atom is 0.135 e. The van der Waals surface area contributed by atoms with Crippen LogP contribution in [0.4, 0.5) is 0 Å². The molecule has 0 radical (unpaired) electrons. The molecule has 8 heavy (non-hydrogen) atoms. The minimum Gasteiger partial charge on any atom is -0.393 e. The average molecular weight is 116 g/mol. The SMILES string of the molecule is CC(=O)[C@@H](C)[C@H](C)O. The summed E-state index contributed by atoms with van der Waals surface area (Å²) in [6.07, 6.45) is -0.507. The van der Waals surface area contributed by atoms with Crippen molar-refractivity contribution in [3.8, 4) is 0 Å². The summed E-state index contributed by atoms with van der Waals surface area (Å²) >= 11 is 0. The average Bonchev–Trinajstić information content (AvgIpc) is 1.64. The van der Waals surface area contributed by atoms with Gasteiger partial charge in [0.2, 0.25) is 0 Å². The summed E-state index contributed by atoms with van der Waals surface area (Å²) in [5.41, 5.74) is 0. The van der Waals surface area contributed by atoms with Gasteiger partial charge in [0, 0.05) is 5.92 Å². The van der Waals surface area contributed by atoms with Crippen LogP contribution in [-0.2, 0) is 4.79 Å². The molecule has 0 aliphatic carbocycles. The molecule has 2 heteroatoms. The van der Waals surface area contributed by atoms with E-state index >= 15 is 0 Å². The van der Waals surface area contributed by atoms with Crippen LogP contribution in [0.2, 0.25) is 0 Å². The van der Waals surface area contributed by atoms with E-state index < -0.39 is 6.10 Å². The van der Waals surface area contributed by atoms with Gasteiger partial charge in [0.1, 0.15) is 5.78 Å². The third-order valence-electron chi connectivity index (χ3n) is 1.36. The van der Waals surface area contributed by atoms with Crippen molar-refractivity contribution < 1.29 is 9.90 Å². The van der Waals surface area contributed by atoms with Gasteiger partial charge in [-0.15, -0.1) is 0 Å². The normalized spacial score (nSPS) is 17.5. The summed E-state index contributed by atoms with van der Waals surface area (Å²) in [4.78, 5) is 10.4. The zero-order chi connectivity index (χ0) is 6.73. The van der Waals surface area contributed by atoms with E-state index in [2.05, 4.69) is 0 Å². The van der Waals surface area contributed by atoms with Gasteiger partial charge in [-0.1, -0.05) is 6.92 Å². The van der Waals surface area contributed by atoms with Crippen LogP contribution in [0.3, 0.4) is 0 Å². The molecule has 0 amide bonds. The smallest absolute Gasteiger partial charge is 0.135 e. The van der Waals surface area contributed by atoms with Crippen LogP contribution in [0.1, 0.15) is 20.8 Å². The van der Waals surface area contributed by atoms with Gasteiger partial charge in [-0.05, 0) is 13.8 Å². The maximum absolute atomic E-state index is 10.4. The zero-order valence-corrected chi connectivity index (χ0v) is 5.51. The third kappa shape index (κ3) is 2.07. The Balaban J connectivity index is 3.64. The molecule has 0 aliphatic heterocycles. The first-order chi connectivity index (χ1) is 3.55. The lowest BCUT2D eigenvalue weighted by Gasteiger charge is -2.08. The molecular formula is C6H12O2. The van der Waals surface area contributed by atoms with E-state index in [1.807, 2.05) is 0 Å². The van der Waals surface area contributed by atoms with Crippen molar-refractivity contribution in [2.24, 2.45) is 5.92 Å². The van der Waals surface area contributed by atoms with E-state index in [1.54, 1.807) is 13.8 Å². The minimum absolute atomic E-state index is 0.0417. The van der Waals surface area contributed by atoms with Crippen molar-refractivity contribution in [2.75, 3.05) is 0 Å². The molecule has 0 fully saturated rings. The van der Waals surface area contributed by atoms with Crippen molar-refractivity contribution in [1.29, 1.82) is 0 Å². The number of aliphatic hydroxyl groups is 1.